The zero-order valence-corrected chi connectivity index (χ0v) is 17.2. The van der Waals surface area contributed by atoms with E-state index in [2.05, 4.69) is 15.9 Å². The normalized spacial score (nSPS) is 16.2. The summed E-state index contributed by atoms with van der Waals surface area (Å²) < 4.78 is 10.9. The molecule has 1 amide bonds. The Morgan fingerprint density at radius 3 is 2.54 bits per heavy atom. The second-order valence-corrected chi connectivity index (χ2v) is 7.48. The van der Waals surface area contributed by atoms with Gasteiger partial charge >= 0.3 is 5.97 Å². The van der Waals surface area contributed by atoms with Gasteiger partial charge in [-0.15, -0.1) is 0 Å². The van der Waals surface area contributed by atoms with E-state index in [-0.39, 0.29) is 31.3 Å². The van der Waals surface area contributed by atoms with Gasteiger partial charge in [-0.2, -0.15) is 0 Å². The molecule has 2 aromatic carbocycles. The van der Waals surface area contributed by atoms with Crippen LogP contribution in [0.25, 0.3) is 0 Å². The number of ketones is 1. The van der Waals surface area contributed by atoms with Crippen molar-refractivity contribution in [1.82, 2.24) is 0 Å². The first-order chi connectivity index (χ1) is 13.4. The Hall–Kier alpha value is -2.67. The highest BCUT2D eigenvalue weighted by atomic mass is 79.9. The fourth-order valence-corrected chi connectivity index (χ4v) is 3.56. The van der Waals surface area contributed by atoms with E-state index in [1.807, 2.05) is 31.2 Å². The third kappa shape index (κ3) is 4.42. The van der Waals surface area contributed by atoms with Gasteiger partial charge < -0.3 is 14.4 Å². The van der Waals surface area contributed by atoms with Crippen molar-refractivity contribution in [2.45, 2.75) is 13.3 Å². The summed E-state index contributed by atoms with van der Waals surface area (Å²) in [6.07, 6.45) is 0.0784. The lowest BCUT2D eigenvalue weighted by atomic mass is 10.1. The number of rotatable bonds is 6. The van der Waals surface area contributed by atoms with Crippen LogP contribution in [0.4, 0.5) is 5.69 Å². The predicted octanol–water partition coefficient (Wildman–Crippen LogP) is 3.55. The second-order valence-electron chi connectivity index (χ2n) is 6.62. The van der Waals surface area contributed by atoms with Crippen molar-refractivity contribution in [3.8, 4) is 5.75 Å². The quantitative estimate of drug-likeness (QED) is 0.502. The number of methoxy groups -OCH3 is 1. The molecule has 146 valence electrons. The van der Waals surface area contributed by atoms with Gasteiger partial charge in [-0.05, 0) is 53.2 Å². The molecule has 1 heterocycles. The Labute approximate surface area is 171 Å². The van der Waals surface area contributed by atoms with Crippen LogP contribution in [0.2, 0.25) is 0 Å². The molecule has 1 atom stereocenters. The molecular formula is C21H20BrNO5. The van der Waals surface area contributed by atoms with Crippen LogP contribution in [0, 0.1) is 12.8 Å². The van der Waals surface area contributed by atoms with Gasteiger partial charge in [0.15, 0.2) is 12.4 Å². The number of ether oxygens (including phenoxy) is 2. The summed E-state index contributed by atoms with van der Waals surface area (Å²) in [6, 6.07) is 12.4. The zero-order valence-electron chi connectivity index (χ0n) is 15.6. The van der Waals surface area contributed by atoms with E-state index in [1.165, 1.54) is 7.11 Å². The molecule has 1 aliphatic rings. The third-order valence-corrected chi connectivity index (χ3v) is 5.24. The smallest absolute Gasteiger partial charge is 0.311 e. The minimum Gasteiger partial charge on any atom is -0.496 e. The van der Waals surface area contributed by atoms with E-state index in [1.54, 1.807) is 23.1 Å². The number of halogens is 1. The molecule has 1 saturated heterocycles. The number of anilines is 1. The molecule has 6 nitrogen and oxygen atoms in total. The molecule has 3 rings (SSSR count). The van der Waals surface area contributed by atoms with Crippen molar-refractivity contribution in [2.24, 2.45) is 5.92 Å². The molecule has 2 aromatic rings. The number of esters is 1. The highest BCUT2D eigenvalue weighted by Gasteiger charge is 2.36. The molecule has 1 unspecified atom stereocenters. The number of benzene rings is 2. The predicted molar refractivity (Wildman–Crippen MR) is 108 cm³/mol. The SMILES string of the molecule is COc1ccc(C(=O)COC(=O)C2CC(=O)N(c3ccc(C)cc3)C2)cc1Br. The third-order valence-electron chi connectivity index (χ3n) is 4.62. The van der Waals surface area contributed by atoms with Gasteiger partial charge in [-0.3, -0.25) is 14.4 Å². The Kier molecular flexibility index (Phi) is 6.14. The highest BCUT2D eigenvalue weighted by Crippen LogP contribution is 2.27. The summed E-state index contributed by atoms with van der Waals surface area (Å²) in [5.41, 5.74) is 2.25. The molecular weight excluding hydrogens is 426 g/mol. The molecule has 0 radical (unpaired) electrons. The molecule has 7 heteroatoms. The van der Waals surface area contributed by atoms with E-state index in [4.69, 9.17) is 9.47 Å². The summed E-state index contributed by atoms with van der Waals surface area (Å²) in [6.45, 7) is 1.85. The molecule has 28 heavy (non-hydrogen) atoms. The van der Waals surface area contributed by atoms with Crippen molar-refractivity contribution in [3.05, 3.63) is 58.1 Å². The van der Waals surface area contributed by atoms with Crippen molar-refractivity contribution >= 4 is 39.3 Å². The topological polar surface area (TPSA) is 72.9 Å². The van der Waals surface area contributed by atoms with Crippen molar-refractivity contribution in [3.63, 3.8) is 0 Å². The lowest BCUT2D eigenvalue weighted by molar-refractivity contribution is -0.147. The molecule has 1 aliphatic heterocycles. The van der Waals surface area contributed by atoms with Crippen molar-refractivity contribution in [2.75, 3.05) is 25.2 Å². The number of hydrogen-bond donors (Lipinski definition) is 0. The highest BCUT2D eigenvalue weighted by molar-refractivity contribution is 9.10. The van der Waals surface area contributed by atoms with Crippen LogP contribution in [0.1, 0.15) is 22.3 Å². The number of hydrogen-bond acceptors (Lipinski definition) is 5. The summed E-state index contributed by atoms with van der Waals surface area (Å²) in [5.74, 6) is -0.963. The Bertz CT molecular complexity index is 910. The van der Waals surface area contributed by atoms with Crippen LogP contribution in [0.5, 0.6) is 5.75 Å². The maximum absolute atomic E-state index is 12.3. The molecule has 0 bridgehead atoms. The second kappa shape index (κ2) is 8.56. The lowest BCUT2D eigenvalue weighted by Gasteiger charge is -2.16. The van der Waals surface area contributed by atoms with E-state index >= 15 is 0 Å². The summed E-state index contributed by atoms with van der Waals surface area (Å²) in [5, 5.41) is 0. The molecule has 0 spiro atoms. The Balaban J connectivity index is 1.58. The average molecular weight is 446 g/mol. The van der Waals surface area contributed by atoms with Crippen LogP contribution < -0.4 is 9.64 Å². The first kappa shape index (κ1) is 20.1. The number of carbonyl (C=O) groups is 3. The van der Waals surface area contributed by atoms with Crippen LogP contribution in [-0.4, -0.2) is 37.9 Å². The van der Waals surface area contributed by atoms with E-state index < -0.39 is 11.9 Å². The monoisotopic (exact) mass is 445 g/mol. The average Bonchev–Trinajstić information content (AvgIpc) is 3.08. The van der Waals surface area contributed by atoms with E-state index in [9.17, 15) is 14.4 Å². The molecule has 0 aliphatic carbocycles. The standard InChI is InChI=1S/C21H20BrNO5/c1-13-3-6-16(7-4-13)23-11-15(10-20(23)25)21(26)28-12-18(24)14-5-8-19(27-2)17(22)9-14/h3-9,15H,10-12H2,1-2H3. The molecule has 1 fully saturated rings. The molecule has 0 N–H and O–H groups in total. The van der Waals surface area contributed by atoms with Gasteiger partial charge in [0.1, 0.15) is 5.75 Å². The van der Waals surface area contributed by atoms with Gasteiger partial charge in [0.05, 0.1) is 17.5 Å². The summed E-state index contributed by atoms with van der Waals surface area (Å²) in [4.78, 5) is 38.5. The van der Waals surface area contributed by atoms with Crippen LogP contribution in [0.15, 0.2) is 46.9 Å². The Morgan fingerprint density at radius 1 is 1.18 bits per heavy atom. The number of Topliss-reactive ketones (excluding diaryl/α,β-unsaturated/α-hetero) is 1. The first-order valence-electron chi connectivity index (χ1n) is 8.79. The minimum absolute atomic E-state index is 0.0784. The van der Waals surface area contributed by atoms with Gasteiger partial charge in [-0.25, -0.2) is 0 Å². The van der Waals surface area contributed by atoms with Crippen LogP contribution in [-0.2, 0) is 14.3 Å². The van der Waals surface area contributed by atoms with Gasteiger partial charge in [0, 0.05) is 24.2 Å². The number of amides is 1. The van der Waals surface area contributed by atoms with Gasteiger partial charge in [0.25, 0.3) is 0 Å². The van der Waals surface area contributed by atoms with Crippen LogP contribution in [0.3, 0.4) is 0 Å². The van der Waals surface area contributed by atoms with Crippen molar-refractivity contribution < 1.29 is 23.9 Å². The summed E-state index contributed by atoms with van der Waals surface area (Å²) in [7, 11) is 1.53. The van der Waals surface area contributed by atoms with Crippen molar-refractivity contribution in [1.29, 1.82) is 0 Å². The zero-order chi connectivity index (χ0) is 20.3. The fourth-order valence-electron chi connectivity index (χ4n) is 3.02. The maximum Gasteiger partial charge on any atom is 0.311 e. The van der Waals surface area contributed by atoms with Gasteiger partial charge in [-0.1, -0.05) is 17.7 Å². The summed E-state index contributed by atoms with van der Waals surface area (Å²) >= 11 is 3.32. The number of aryl methyl sites for hydroxylation is 1. The van der Waals surface area contributed by atoms with Crippen LogP contribution >= 0.6 is 15.9 Å². The minimum atomic E-state index is -0.579. The lowest BCUT2D eigenvalue weighted by Crippen LogP contribution is -2.27. The largest absolute Gasteiger partial charge is 0.496 e. The fraction of sp³-hybridized carbons (Fsp3) is 0.286. The van der Waals surface area contributed by atoms with Gasteiger partial charge in [0.2, 0.25) is 5.91 Å². The first-order valence-corrected chi connectivity index (χ1v) is 9.58. The Morgan fingerprint density at radius 2 is 1.89 bits per heavy atom. The number of nitrogens with zero attached hydrogens (tertiary/aromatic N) is 1. The molecule has 0 saturated carbocycles. The maximum atomic E-state index is 12.3. The number of carbonyl (C=O) groups excluding carboxylic acids is 3. The van der Waals surface area contributed by atoms with E-state index in [0.29, 0.717) is 15.8 Å². The molecule has 0 aromatic heterocycles. The van der Waals surface area contributed by atoms with E-state index in [0.717, 1.165) is 11.3 Å².